The minimum atomic E-state index is -4.38. The number of rotatable bonds is 6. The van der Waals surface area contributed by atoms with E-state index >= 15 is 0 Å². The van der Waals surface area contributed by atoms with E-state index in [1.807, 2.05) is 12.1 Å². The Morgan fingerprint density at radius 2 is 1.85 bits per heavy atom. The van der Waals surface area contributed by atoms with Gasteiger partial charge in [-0.15, -0.1) is 0 Å². The fourth-order valence-electron chi connectivity index (χ4n) is 3.29. The molecule has 3 nitrogen and oxygen atoms in total. The van der Waals surface area contributed by atoms with E-state index in [2.05, 4.69) is 11.8 Å². The molecule has 27 heavy (non-hydrogen) atoms. The average molecular weight is 379 g/mol. The Labute approximate surface area is 157 Å². The number of alkyl halides is 3. The van der Waals surface area contributed by atoms with Crippen molar-refractivity contribution in [2.24, 2.45) is 0 Å². The Morgan fingerprint density at radius 3 is 2.56 bits per heavy atom. The number of halogens is 3. The van der Waals surface area contributed by atoms with E-state index in [-0.39, 0.29) is 18.3 Å². The Balaban J connectivity index is 1.62. The molecule has 0 N–H and O–H groups in total. The maximum Gasteiger partial charge on any atom is 0.416 e. The maximum atomic E-state index is 13.0. The summed E-state index contributed by atoms with van der Waals surface area (Å²) in [6.07, 6.45) is -3.25. The van der Waals surface area contributed by atoms with Crippen molar-refractivity contribution in [2.45, 2.75) is 32.2 Å². The summed E-state index contributed by atoms with van der Waals surface area (Å²) in [5.41, 5.74) is 0.520. The van der Waals surface area contributed by atoms with Crippen LogP contribution in [0.2, 0.25) is 0 Å². The molecule has 1 aliphatic rings. The van der Waals surface area contributed by atoms with Gasteiger partial charge in [-0.2, -0.15) is 13.2 Å². The van der Waals surface area contributed by atoms with Gasteiger partial charge in [-0.3, -0.25) is 4.90 Å². The molecule has 0 radical (unpaired) electrons. The van der Waals surface area contributed by atoms with Gasteiger partial charge in [-0.1, -0.05) is 37.3 Å². The van der Waals surface area contributed by atoms with Gasteiger partial charge in [0, 0.05) is 18.7 Å². The zero-order chi connectivity index (χ0) is 19.3. The first-order chi connectivity index (χ1) is 13.0. The molecule has 0 aliphatic carbocycles. The maximum absolute atomic E-state index is 13.0. The number of hydrogen-bond donors (Lipinski definition) is 0. The summed E-state index contributed by atoms with van der Waals surface area (Å²) in [4.78, 5) is 2.38. The Hall–Kier alpha value is -2.05. The molecular weight excluding hydrogens is 355 g/mol. The highest BCUT2D eigenvalue weighted by molar-refractivity contribution is 5.32. The predicted molar refractivity (Wildman–Crippen MR) is 97.6 cm³/mol. The molecule has 1 heterocycles. The number of morpholine rings is 1. The van der Waals surface area contributed by atoms with E-state index < -0.39 is 11.7 Å². The molecule has 0 amide bonds. The van der Waals surface area contributed by atoms with Crippen LogP contribution in [0.4, 0.5) is 13.2 Å². The molecule has 1 unspecified atom stereocenters. The molecule has 2 aromatic rings. The quantitative estimate of drug-likeness (QED) is 0.700. The van der Waals surface area contributed by atoms with Crippen molar-refractivity contribution in [3.63, 3.8) is 0 Å². The lowest BCUT2D eigenvalue weighted by molar-refractivity contribution is -0.138. The summed E-state index contributed by atoms with van der Waals surface area (Å²) in [5, 5.41) is 0. The zero-order valence-corrected chi connectivity index (χ0v) is 15.3. The van der Waals surface area contributed by atoms with Crippen molar-refractivity contribution < 1.29 is 22.6 Å². The van der Waals surface area contributed by atoms with Crippen LogP contribution in [0.1, 0.15) is 36.1 Å². The number of hydrogen-bond acceptors (Lipinski definition) is 3. The van der Waals surface area contributed by atoms with Crippen molar-refractivity contribution in [3.05, 3.63) is 65.2 Å². The summed E-state index contributed by atoms with van der Waals surface area (Å²) in [6, 6.07) is 12.9. The van der Waals surface area contributed by atoms with E-state index in [4.69, 9.17) is 9.47 Å². The van der Waals surface area contributed by atoms with Crippen molar-refractivity contribution in [2.75, 3.05) is 26.2 Å². The topological polar surface area (TPSA) is 21.7 Å². The third-order valence-corrected chi connectivity index (χ3v) is 4.66. The van der Waals surface area contributed by atoms with Gasteiger partial charge in [-0.05, 0) is 36.7 Å². The van der Waals surface area contributed by atoms with E-state index in [1.54, 1.807) is 18.2 Å². The zero-order valence-electron chi connectivity index (χ0n) is 15.3. The van der Waals surface area contributed by atoms with Gasteiger partial charge in [0.05, 0.1) is 18.3 Å². The summed E-state index contributed by atoms with van der Waals surface area (Å²) in [5.74, 6) is 0.539. The monoisotopic (exact) mass is 379 g/mol. The van der Waals surface area contributed by atoms with Crippen molar-refractivity contribution in [1.29, 1.82) is 0 Å². The first-order valence-electron chi connectivity index (χ1n) is 9.19. The van der Waals surface area contributed by atoms with Crippen LogP contribution in [0, 0.1) is 0 Å². The fraction of sp³-hybridized carbons (Fsp3) is 0.429. The Kier molecular flexibility index (Phi) is 6.39. The summed E-state index contributed by atoms with van der Waals surface area (Å²) < 4.78 is 50.6. The predicted octanol–water partition coefficient (Wildman–Crippen LogP) is 5.07. The normalized spacial score (nSPS) is 18.4. The van der Waals surface area contributed by atoms with Gasteiger partial charge in [-0.25, -0.2) is 0 Å². The average Bonchev–Trinajstić information content (AvgIpc) is 2.67. The molecule has 1 aliphatic heterocycles. The number of benzene rings is 2. The molecule has 146 valence electrons. The second-order valence-electron chi connectivity index (χ2n) is 6.67. The lowest BCUT2D eigenvalue weighted by atomic mass is 10.1. The van der Waals surface area contributed by atoms with Crippen LogP contribution in [0.15, 0.2) is 48.5 Å². The van der Waals surface area contributed by atoms with Gasteiger partial charge in [0.25, 0.3) is 0 Å². The molecule has 0 saturated carbocycles. The molecule has 1 atom stereocenters. The third kappa shape index (κ3) is 5.23. The summed E-state index contributed by atoms with van der Waals surface area (Å²) >= 11 is 0. The number of ether oxygens (including phenoxy) is 2. The molecule has 3 rings (SSSR count). The molecule has 0 spiro atoms. The first-order valence-corrected chi connectivity index (χ1v) is 9.19. The highest BCUT2D eigenvalue weighted by Gasteiger charge is 2.33. The molecule has 6 heteroatoms. The molecule has 0 bridgehead atoms. The molecule has 1 saturated heterocycles. The van der Waals surface area contributed by atoms with Crippen LogP contribution >= 0.6 is 0 Å². The molecular formula is C21H24F3NO2. The van der Waals surface area contributed by atoms with E-state index in [9.17, 15) is 13.2 Å². The van der Waals surface area contributed by atoms with Crippen molar-refractivity contribution >= 4 is 0 Å². The number of nitrogens with zero attached hydrogens (tertiary/aromatic N) is 1. The minimum absolute atomic E-state index is 0.0188. The second kappa shape index (κ2) is 8.76. The highest BCUT2D eigenvalue weighted by Crippen LogP contribution is 2.32. The largest absolute Gasteiger partial charge is 0.489 e. The van der Waals surface area contributed by atoms with Crippen molar-refractivity contribution in [3.8, 4) is 5.75 Å². The minimum Gasteiger partial charge on any atom is -0.489 e. The van der Waals surface area contributed by atoms with Crippen LogP contribution in [0.25, 0.3) is 0 Å². The van der Waals surface area contributed by atoms with E-state index in [0.29, 0.717) is 12.4 Å². The second-order valence-corrected chi connectivity index (χ2v) is 6.67. The van der Waals surface area contributed by atoms with Crippen LogP contribution < -0.4 is 4.74 Å². The van der Waals surface area contributed by atoms with Crippen LogP contribution in [0.3, 0.4) is 0 Å². The summed E-state index contributed by atoms with van der Waals surface area (Å²) in [7, 11) is 0. The Morgan fingerprint density at radius 1 is 1.11 bits per heavy atom. The fourth-order valence-corrected chi connectivity index (χ4v) is 3.29. The van der Waals surface area contributed by atoms with Crippen molar-refractivity contribution in [1.82, 2.24) is 4.90 Å². The lowest BCUT2D eigenvalue weighted by Crippen LogP contribution is -2.38. The van der Waals surface area contributed by atoms with Crippen LogP contribution in [-0.2, 0) is 17.5 Å². The summed E-state index contributed by atoms with van der Waals surface area (Å²) in [6.45, 7) is 5.60. The lowest BCUT2D eigenvalue weighted by Gasteiger charge is -2.33. The van der Waals surface area contributed by atoms with Gasteiger partial charge in [0.1, 0.15) is 12.4 Å². The van der Waals surface area contributed by atoms with Crippen LogP contribution in [-0.4, -0.2) is 31.1 Å². The smallest absolute Gasteiger partial charge is 0.416 e. The third-order valence-electron chi connectivity index (χ3n) is 4.66. The first kappa shape index (κ1) is 19.7. The molecule has 0 aromatic heterocycles. The van der Waals surface area contributed by atoms with E-state index in [1.165, 1.54) is 12.1 Å². The van der Waals surface area contributed by atoms with Gasteiger partial charge < -0.3 is 9.47 Å². The van der Waals surface area contributed by atoms with Gasteiger partial charge >= 0.3 is 6.18 Å². The molecule has 1 fully saturated rings. The van der Waals surface area contributed by atoms with Gasteiger partial charge in [0.2, 0.25) is 0 Å². The SMILES string of the molecule is CCCN1CCOC(c2ccc(OCc3ccccc3C(F)(F)F)cc2)C1. The highest BCUT2D eigenvalue weighted by atomic mass is 19.4. The van der Waals surface area contributed by atoms with E-state index in [0.717, 1.165) is 37.7 Å². The van der Waals surface area contributed by atoms with Crippen LogP contribution in [0.5, 0.6) is 5.75 Å². The Bertz CT molecular complexity index is 729. The standard InChI is InChI=1S/C21H24F3NO2/c1-2-11-25-12-13-26-20(14-25)16-7-9-18(10-8-16)27-15-17-5-3-4-6-19(17)21(22,23)24/h3-10,20H,2,11-15H2,1H3. The van der Waals surface area contributed by atoms with Gasteiger partial charge in [0.15, 0.2) is 0 Å². The molecule has 2 aromatic carbocycles.